The van der Waals surface area contributed by atoms with Crippen molar-refractivity contribution in [2.24, 2.45) is 0 Å². The van der Waals surface area contributed by atoms with Gasteiger partial charge in [0.1, 0.15) is 17.7 Å². The number of carbonyl (C=O) groups excluding carboxylic acids is 1. The average Bonchev–Trinajstić information content (AvgIpc) is 2.77. The van der Waals surface area contributed by atoms with E-state index in [0.29, 0.717) is 29.8 Å². The van der Waals surface area contributed by atoms with Crippen molar-refractivity contribution in [1.29, 1.82) is 0 Å². The molecule has 1 fully saturated rings. The maximum atomic E-state index is 13.7. The molecule has 7 heteroatoms. The lowest BCUT2D eigenvalue weighted by molar-refractivity contribution is -0.125. The molecule has 2 heterocycles. The van der Waals surface area contributed by atoms with Crippen molar-refractivity contribution >= 4 is 40.1 Å². The third-order valence-corrected chi connectivity index (χ3v) is 4.02. The summed E-state index contributed by atoms with van der Waals surface area (Å²) in [6, 6.07) is 2.37. The summed E-state index contributed by atoms with van der Waals surface area (Å²) >= 11 is 11.7. The van der Waals surface area contributed by atoms with Gasteiger partial charge in [0.25, 0.3) is 0 Å². The summed E-state index contributed by atoms with van der Waals surface area (Å²) in [5, 5.41) is 2.82. The fraction of sp³-hybridized carbons (Fsp3) is 0.385. The van der Waals surface area contributed by atoms with Gasteiger partial charge in [-0.25, -0.2) is 9.37 Å². The summed E-state index contributed by atoms with van der Waals surface area (Å²) in [5.74, 6) is 0.0813. The van der Waals surface area contributed by atoms with E-state index in [2.05, 4.69) is 10.3 Å². The van der Waals surface area contributed by atoms with Crippen molar-refractivity contribution in [1.82, 2.24) is 14.9 Å². The van der Waals surface area contributed by atoms with Gasteiger partial charge in [-0.1, -0.05) is 11.6 Å². The number of aromatic nitrogens is 2. The summed E-state index contributed by atoms with van der Waals surface area (Å²) in [6.07, 6.45) is 1.55. The van der Waals surface area contributed by atoms with Gasteiger partial charge in [0.15, 0.2) is 0 Å². The number of nitrogens with zero attached hydrogens (tertiary/aromatic N) is 2. The molecule has 3 rings (SSSR count). The highest BCUT2D eigenvalue weighted by Crippen LogP contribution is 2.30. The van der Waals surface area contributed by atoms with E-state index in [0.717, 1.165) is 6.42 Å². The maximum absolute atomic E-state index is 13.7. The fourth-order valence-electron chi connectivity index (χ4n) is 2.58. The van der Waals surface area contributed by atoms with Crippen LogP contribution in [0.15, 0.2) is 12.1 Å². The molecule has 0 spiro atoms. The summed E-state index contributed by atoms with van der Waals surface area (Å²) in [5.41, 5.74) is 1.09. The first kappa shape index (κ1) is 13.6. The van der Waals surface area contributed by atoms with Crippen LogP contribution in [0.5, 0.6) is 0 Å². The number of hydrogen-bond donors (Lipinski definition) is 1. The Balaban J connectivity index is 2.21. The minimum absolute atomic E-state index is 0.0105. The van der Waals surface area contributed by atoms with E-state index in [4.69, 9.17) is 23.2 Å². The summed E-state index contributed by atoms with van der Waals surface area (Å²) in [6.45, 7) is 0.665. The van der Waals surface area contributed by atoms with Crippen molar-refractivity contribution in [3.05, 3.63) is 28.8 Å². The predicted octanol–water partition coefficient (Wildman–Crippen LogP) is 3.02. The van der Waals surface area contributed by atoms with Crippen molar-refractivity contribution in [2.45, 2.75) is 24.8 Å². The third-order valence-electron chi connectivity index (χ3n) is 3.49. The number of benzene rings is 1. The second kappa shape index (κ2) is 5.22. The van der Waals surface area contributed by atoms with Gasteiger partial charge in [-0.2, -0.15) is 0 Å². The van der Waals surface area contributed by atoms with Gasteiger partial charge in [-0.15, -0.1) is 11.6 Å². The van der Waals surface area contributed by atoms with Crippen molar-refractivity contribution in [3.8, 4) is 0 Å². The first-order chi connectivity index (χ1) is 9.61. The molecule has 0 bridgehead atoms. The molecule has 20 heavy (non-hydrogen) atoms. The largest absolute Gasteiger partial charge is 0.354 e. The van der Waals surface area contributed by atoms with E-state index in [1.54, 1.807) is 4.57 Å². The second-order valence-corrected chi connectivity index (χ2v) is 5.41. The van der Waals surface area contributed by atoms with E-state index in [9.17, 15) is 9.18 Å². The third kappa shape index (κ3) is 2.15. The molecule has 4 nitrogen and oxygen atoms in total. The average molecular weight is 316 g/mol. The molecular formula is C13H12Cl2FN3O. The Kier molecular flexibility index (Phi) is 3.56. The minimum atomic E-state index is -0.530. The quantitative estimate of drug-likeness (QED) is 0.866. The summed E-state index contributed by atoms with van der Waals surface area (Å²) < 4.78 is 15.4. The number of hydrogen-bond acceptors (Lipinski definition) is 2. The van der Waals surface area contributed by atoms with Crippen LogP contribution in [-0.2, 0) is 10.7 Å². The van der Waals surface area contributed by atoms with Gasteiger partial charge in [0.05, 0.1) is 21.9 Å². The molecule has 0 saturated carbocycles. The number of alkyl halides is 1. The van der Waals surface area contributed by atoms with Crippen molar-refractivity contribution < 1.29 is 9.18 Å². The van der Waals surface area contributed by atoms with Crippen LogP contribution in [0.1, 0.15) is 24.7 Å². The molecule has 106 valence electrons. The number of carbonyl (C=O) groups is 1. The van der Waals surface area contributed by atoms with Crippen molar-refractivity contribution in [2.75, 3.05) is 6.54 Å². The topological polar surface area (TPSA) is 46.9 Å². The molecule has 1 aromatic carbocycles. The van der Waals surface area contributed by atoms with Crippen LogP contribution in [0, 0.1) is 5.82 Å². The summed E-state index contributed by atoms with van der Waals surface area (Å²) in [4.78, 5) is 16.4. The van der Waals surface area contributed by atoms with Crippen LogP contribution in [-0.4, -0.2) is 22.0 Å². The number of piperidine rings is 1. The van der Waals surface area contributed by atoms with Gasteiger partial charge >= 0.3 is 0 Å². The Morgan fingerprint density at radius 3 is 3.00 bits per heavy atom. The molecule has 0 radical (unpaired) electrons. The first-order valence-corrected chi connectivity index (χ1v) is 7.22. The van der Waals surface area contributed by atoms with Gasteiger partial charge in [0.2, 0.25) is 5.91 Å². The second-order valence-electron chi connectivity index (χ2n) is 4.74. The molecule has 1 unspecified atom stereocenters. The highest BCUT2D eigenvalue weighted by Gasteiger charge is 2.28. The molecule has 1 amide bonds. The zero-order chi connectivity index (χ0) is 14.3. The number of amides is 1. The van der Waals surface area contributed by atoms with E-state index in [1.807, 2.05) is 0 Å². The Labute approximate surface area is 124 Å². The minimum Gasteiger partial charge on any atom is -0.354 e. The van der Waals surface area contributed by atoms with E-state index in [-0.39, 0.29) is 16.8 Å². The maximum Gasteiger partial charge on any atom is 0.243 e. The standard InChI is InChI=1S/C13H12Cl2FN3O/c14-6-12-18-9-4-7(15)8(16)5-11(9)19(12)10-2-1-3-17-13(10)20/h4-5,10H,1-3,6H2,(H,17,20). The van der Waals surface area contributed by atoms with Crippen LogP contribution >= 0.6 is 23.2 Å². The zero-order valence-corrected chi connectivity index (χ0v) is 12.0. The van der Waals surface area contributed by atoms with Crippen LogP contribution in [0.25, 0.3) is 11.0 Å². The van der Waals surface area contributed by atoms with Crippen LogP contribution in [0.3, 0.4) is 0 Å². The summed E-state index contributed by atoms with van der Waals surface area (Å²) in [7, 11) is 0. The molecule has 1 N–H and O–H groups in total. The Morgan fingerprint density at radius 2 is 2.30 bits per heavy atom. The zero-order valence-electron chi connectivity index (χ0n) is 10.5. The molecule has 0 aliphatic carbocycles. The molecule has 1 aromatic heterocycles. The monoisotopic (exact) mass is 315 g/mol. The number of imidazole rings is 1. The number of nitrogens with one attached hydrogen (secondary N) is 1. The normalized spacial score (nSPS) is 19.4. The Hall–Kier alpha value is -1.33. The van der Waals surface area contributed by atoms with Gasteiger partial charge in [-0.3, -0.25) is 4.79 Å². The highest BCUT2D eigenvalue weighted by molar-refractivity contribution is 6.31. The molecular weight excluding hydrogens is 304 g/mol. The Morgan fingerprint density at radius 1 is 1.50 bits per heavy atom. The lowest BCUT2D eigenvalue weighted by Crippen LogP contribution is -2.38. The van der Waals surface area contributed by atoms with Gasteiger partial charge in [0, 0.05) is 12.6 Å². The smallest absolute Gasteiger partial charge is 0.243 e. The first-order valence-electron chi connectivity index (χ1n) is 6.31. The van der Waals surface area contributed by atoms with Crippen LogP contribution < -0.4 is 5.32 Å². The van der Waals surface area contributed by atoms with Crippen LogP contribution in [0.2, 0.25) is 5.02 Å². The Bertz CT molecular complexity index is 686. The molecule has 1 aliphatic rings. The van der Waals surface area contributed by atoms with E-state index < -0.39 is 11.9 Å². The number of rotatable bonds is 2. The molecule has 1 atom stereocenters. The lowest BCUT2D eigenvalue weighted by atomic mass is 10.1. The highest BCUT2D eigenvalue weighted by atomic mass is 35.5. The number of halogens is 3. The molecule has 2 aromatic rings. The molecule has 1 saturated heterocycles. The molecule has 1 aliphatic heterocycles. The van der Waals surface area contributed by atoms with Crippen molar-refractivity contribution in [3.63, 3.8) is 0 Å². The van der Waals surface area contributed by atoms with E-state index in [1.165, 1.54) is 12.1 Å². The fourth-order valence-corrected chi connectivity index (χ4v) is 2.93. The predicted molar refractivity (Wildman–Crippen MR) is 75.5 cm³/mol. The van der Waals surface area contributed by atoms with Gasteiger partial charge < -0.3 is 9.88 Å². The van der Waals surface area contributed by atoms with Gasteiger partial charge in [-0.05, 0) is 18.9 Å². The van der Waals surface area contributed by atoms with Crippen LogP contribution in [0.4, 0.5) is 4.39 Å². The van der Waals surface area contributed by atoms with E-state index >= 15 is 0 Å². The lowest BCUT2D eigenvalue weighted by Gasteiger charge is -2.25. The SMILES string of the molecule is O=C1NCCCC1n1c(CCl)nc2cc(Cl)c(F)cc21. The number of fused-ring (bicyclic) bond motifs is 1.